The lowest BCUT2D eigenvalue weighted by Gasteiger charge is -2.31. The third-order valence-electron chi connectivity index (χ3n) is 5.07. The molecule has 2 aromatic carbocycles. The molecule has 0 unspecified atom stereocenters. The molecule has 1 amide bonds. The van der Waals surface area contributed by atoms with Gasteiger partial charge in [0.25, 0.3) is 5.91 Å². The summed E-state index contributed by atoms with van der Waals surface area (Å²) in [6, 6.07) is 16.4. The summed E-state index contributed by atoms with van der Waals surface area (Å²) >= 11 is 0. The molecule has 0 aromatic heterocycles. The van der Waals surface area contributed by atoms with E-state index in [1.54, 1.807) is 28.6 Å². The van der Waals surface area contributed by atoms with Gasteiger partial charge in [0.05, 0.1) is 11.8 Å². The molecule has 0 spiro atoms. The van der Waals surface area contributed by atoms with Gasteiger partial charge in [0.2, 0.25) is 10.0 Å². The van der Waals surface area contributed by atoms with Crippen molar-refractivity contribution in [1.29, 1.82) is 0 Å². The molecule has 1 saturated heterocycles. The van der Waals surface area contributed by atoms with E-state index in [0.717, 1.165) is 18.7 Å². The van der Waals surface area contributed by atoms with Crippen LogP contribution in [0.15, 0.2) is 54.6 Å². The second-order valence-corrected chi connectivity index (χ2v) is 9.23. The Morgan fingerprint density at radius 1 is 1.00 bits per heavy atom. The standard InChI is InChI=1S/C21H27N3O3S/c1-17(19-6-4-3-5-7-19)22-21(25)20-10-8-18(9-11-20)16-28(26,27)24-14-12-23(2)13-15-24/h3-11,17H,12-16H2,1-2H3,(H,22,25)/t17-/m1/s1. The van der Waals surface area contributed by atoms with Gasteiger partial charge in [0.15, 0.2) is 0 Å². The largest absolute Gasteiger partial charge is 0.346 e. The number of likely N-dealkylation sites (N-methyl/N-ethyl adjacent to an activating group) is 1. The molecule has 0 radical (unpaired) electrons. The lowest BCUT2D eigenvalue weighted by molar-refractivity contribution is 0.0940. The highest BCUT2D eigenvalue weighted by atomic mass is 32.2. The molecule has 0 aliphatic carbocycles. The van der Waals surface area contributed by atoms with Crippen LogP contribution >= 0.6 is 0 Å². The Morgan fingerprint density at radius 2 is 1.61 bits per heavy atom. The third kappa shape index (κ3) is 5.19. The maximum absolute atomic E-state index is 12.6. The van der Waals surface area contributed by atoms with Gasteiger partial charge in [-0.15, -0.1) is 0 Å². The van der Waals surface area contributed by atoms with Crippen molar-refractivity contribution in [1.82, 2.24) is 14.5 Å². The molecule has 2 aromatic rings. The highest BCUT2D eigenvalue weighted by Crippen LogP contribution is 2.16. The van der Waals surface area contributed by atoms with Gasteiger partial charge in [-0.3, -0.25) is 4.79 Å². The minimum Gasteiger partial charge on any atom is -0.346 e. The van der Waals surface area contributed by atoms with Crippen LogP contribution in [-0.2, 0) is 15.8 Å². The van der Waals surface area contributed by atoms with Gasteiger partial charge in [-0.1, -0.05) is 42.5 Å². The molecule has 3 rings (SSSR count). The second-order valence-electron chi connectivity index (χ2n) is 7.26. The number of amides is 1. The molecule has 1 aliphatic rings. The van der Waals surface area contributed by atoms with Crippen molar-refractivity contribution in [2.45, 2.75) is 18.7 Å². The van der Waals surface area contributed by atoms with Crippen LogP contribution in [0.5, 0.6) is 0 Å². The maximum atomic E-state index is 12.6. The van der Waals surface area contributed by atoms with Gasteiger partial charge in [0, 0.05) is 31.7 Å². The Kier molecular flexibility index (Phi) is 6.49. The number of rotatable bonds is 6. The molecule has 1 atom stereocenters. The van der Waals surface area contributed by atoms with Gasteiger partial charge in [0.1, 0.15) is 0 Å². The number of nitrogens with one attached hydrogen (secondary N) is 1. The molecular weight excluding hydrogens is 374 g/mol. The zero-order chi connectivity index (χ0) is 20.1. The van der Waals surface area contributed by atoms with Crippen molar-refractivity contribution in [2.75, 3.05) is 33.2 Å². The zero-order valence-electron chi connectivity index (χ0n) is 16.3. The first-order chi connectivity index (χ1) is 13.3. The molecule has 150 valence electrons. The van der Waals surface area contributed by atoms with Gasteiger partial charge in [-0.2, -0.15) is 4.31 Å². The normalized spacial score (nSPS) is 17.2. The van der Waals surface area contributed by atoms with Crippen LogP contribution in [0.2, 0.25) is 0 Å². The Morgan fingerprint density at radius 3 is 2.21 bits per heavy atom. The van der Waals surface area contributed by atoms with Gasteiger partial charge in [-0.25, -0.2) is 8.42 Å². The fourth-order valence-electron chi connectivity index (χ4n) is 3.23. The van der Waals surface area contributed by atoms with Gasteiger partial charge < -0.3 is 10.2 Å². The molecule has 6 nitrogen and oxygen atoms in total. The third-order valence-corrected chi connectivity index (χ3v) is 6.92. The fourth-order valence-corrected chi connectivity index (χ4v) is 4.74. The summed E-state index contributed by atoms with van der Waals surface area (Å²) in [5.41, 5.74) is 2.24. The quantitative estimate of drug-likeness (QED) is 0.806. The first-order valence-electron chi connectivity index (χ1n) is 9.46. The van der Waals surface area contributed by atoms with Crippen molar-refractivity contribution >= 4 is 15.9 Å². The van der Waals surface area contributed by atoms with E-state index in [-0.39, 0.29) is 17.7 Å². The number of carbonyl (C=O) groups excluding carboxylic acids is 1. The van der Waals surface area contributed by atoms with Crippen LogP contribution in [-0.4, -0.2) is 56.8 Å². The summed E-state index contributed by atoms with van der Waals surface area (Å²) in [6.45, 7) is 4.48. The monoisotopic (exact) mass is 401 g/mol. The second kappa shape index (κ2) is 8.86. The Bertz CT molecular complexity index is 890. The van der Waals surface area contributed by atoms with E-state index < -0.39 is 10.0 Å². The highest BCUT2D eigenvalue weighted by molar-refractivity contribution is 7.88. The molecule has 1 fully saturated rings. The van der Waals surface area contributed by atoms with E-state index in [1.165, 1.54) is 0 Å². The number of piperazine rings is 1. The Balaban J connectivity index is 1.60. The molecular formula is C21H27N3O3S. The summed E-state index contributed by atoms with van der Waals surface area (Å²) < 4.78 is 26.8. The number of hydrogen-bond donors (Lipinski definition) is 1. The van der Waals surface area contributed by atoms with Crippen LogP contribution in [0.25, 0.3) is 0 Å². The van der Waals surface area contributed by atoms with Crippen LogP contribution < -0.4 is 5.32 Å². The lowest BCUT2D eigenvalue weighted by atomic mass is 10.1. The first kappa shape index (κ1) is 20.5. The zero-order valence-corrected chi connectivity index (χ0v) is 17.2. The summed E-state index contributed by atoms with van der Waals surface area (Å²) in [7, 11) is -1.35. The highest BCUT2D eigenvalue weighted by Gasteiger charge is 2.25. The van der Waals surface area contributed by atoms with Crippen molar-refractivity contribution in [3.05, 3.63) is 71.3 Å². The van der Waals surface area contributed by atoms with E-state index in [9.17, 15) is 13.2 Å². The number of hydrogen-bond acceptors (Lipinski definition) is 4. The minimum atomic E-state index is -3.34. The summed E-state index contributed by atoms with van der Waals surface area (Å²) in [6.07, 6.45) is 0. The molecule has 0 saturated carbocycles. The SMILES string of the molecule is C[C@@H](NC(=O)c1ccc(CS(=O)(=O)N2CCN(C)CC2)cc1)c1ccccc1. The van der Waals surface area contributed by atoms with Crippen molar-refractivity contribution < 1.29 is 13.2 Å². The fraction of sp³-hybridized carbons (Fsp3) is 0.381. The van der Waals surface area contributed by atoms with E-state index in [4.69, 9.17) is 0 Å². The number of sulfonamides is 1. The molecule has 1 N–H and O–H groups in total. The lowest BCUT2D eigenvalue weighted by Crippen LogP contribution is -2.47. The minimum absolute atomic E-state index is 0.0426. The van der Waals surface area contributed by atoms with Gasteiger partial charge in [-0.05, 0) is 37.2 Å². The Labute approximate surface area is 167 Å². The predicted molar refractivity (Wildman–Crippen MR) is 110 cm³/mol. The summed E-state index contributed by atoms with van der Waals surface area (Å²) in [5, 5.41) is 2.97. The van der Waals surface area contributed by atoms with E-state index in [1.807, 2.05) is 44.3 Å². The number of carbonyl (C=O) groups is 1. The van der Waals surface area contributed by atoms with E-state index in [2.05, 4.69) is 10.2 Å². The average Bonchev–Trinajstić information content (AvgIpc) is 2.69. The predicted octanol–water partition coefficient (Wildman–Crippen LogP) is 2.25. The molecule has 1 aliphatic heterocycles. The number of benzene rings is 2. The summed E-state index contributed by atoms with van der Waals surface area (Å²) in [4.78, 5) is 14.6. The molecule has 7 heteroatoms. The van der Waals surface area contributed by atoms with Crippen LogP contribution in [0.1, 0.15) is 34.5 Å². The average molecular weight is 402 g/mol. The summed E-state index contributed by atoms with van der Waals surface area (Å²) in [5.74, 6) is -0.219. The van der Waals surface area contributed by atoms with Crippen molar-refractivity contribution in [3.8, 4) is 0 Å². The molecule has 0 bridgehead atoms. The van der Waals surface area contributed by atoms with Crippen molar-refractivity contribution in [2.24, 2.45) is 0 Å². The van der Waals surface area contributed by atoms with Crippen molar-refractivity contribution in [3.63, 3.8) is 0 Å². The molecule has 1 heterocycles. The van der Waals surface area contributed by atoms with Gasteiger partial charge >= 0.3 is 0 Å². The maximum Gasteiger partial charge on any atom is 0.251 e. The van der Waals surface area contributed by atoms with Crippen LogP contribution in [0.3, 0.4) is 0 Å². The first-order valence-corrected chi connectivity index (χ1v) is 11.1. The van der Waals surface area contributed by atoms with E-state index in [0.29, 0.717) is 24.2 Å². The molecule has 28 heavy (non-hydrogen) atoms. The van der Waals surface area contributed by atoms with Crippen LogP contribution in [0.4, 0.5) is 0 Å². The Hall–Kier alpha value is -2.22. The van der Waals surface area contributed by atoms with Crippen LogP contribution in [0, 0.1) is 0 Å². The topological polar surface area (TPSA) is 69.7 Å². The number of nitrogens with zero attached hydrogens (tertiary/aromatic N) is 2. The van der Waals surface area contributed by atoms with E-state index >= 15 is 0 Å². The smallest absolute Gasteiger partial charge is 0.251 e.